The van der Waals surface area contributed by atoms with Crippen LogP contribution in [0.15, 0.2) is 0 Å². The molecule has 0 aromatic heterocycles. The van der Waals surface area contributed by atoms with Gasteiger partial charge in [-0.2, -0.15) is 0 Å². The molecular weight excluding hydrogens is 238 g/mol. The summed E-state index contributed by atoms with van der Waals surface area (Å²) in [6, 6.07) is 0. The molecule has 0 saturated carbocycles. The average molecular weight is 264 g/mol. The standard InChI is InChI=1S/C16H25NO2/c1-15(2)8-4-9-16(3,19-15)10-5-11-17-12-6-14(18)7-13-17/h4,6-9,11-13H2,1-3H3/p+1/t16-/m0/s1. The quantitative estimate of drug-likeness (QED) is 0.716. The average Bonchev–Trinajstić information content (AvgIpc) is 2.30. The van der Waals surface area contributed by atoms with Gasteiger partial charge in [0.2, 0.25) is 0 Å². The molecule has 0 spiro atoms. The molecule has 2 aliphatic rings. The molecule has 0 amide bonds. The van der Waals surface area contributed by atoms with E-state index in [9.17, 15) is 4.79 Å². The number of hydrogen-bond donors (Lipinski definition) is 1. The Hall–Kier alpha value is -0.850. The monoisotopic (exact) mass is 264 g/mol. The molecular formula is C16H26NO2+. The molecule has 106 valence electrons. The van der Waals surface area contributed by atoms with Crippen molar-refractivity contribution in [2.24, 2.45) is 0 Å². The molecule has 1 atom stereocenters. The SMILES string of the molecule is CC1(C)CCC[C@@](C)(C#CC[NH+]2CCC(=O)CC2)O1. The lowest BCUT2D eigenvalue weighted by atomic mass is 9.88. The summed E-state index contributed by atoms with van der Waals surface area (Å²) in [6.07, 6.45) is 4.76. The zero-order valence-electron chi connectivity index (χ0n) is 12.5. The van der Waals surface area contributed by atoms with Gasteiger partial charge in [-0.15, -0.1) is 0 Å². The second-order valence-electron chi connectivity index (χ2n) is 6.71. The summed E-state index contributed by atoms with van der Waals surface area (Å²) >= 11 is 0. The Bertz CT molecular complexity index is 395. The van der Waals surface area contributed by atoms with Gasteiger partial charge in [0.1, 0.15) is 17.9 Å². The molecule has 0 radical (unpaired) electrons. The van der Waals surface area contributed by atoms with Crippen LogP contribution in [0.1, 0.15) is 52.9 Å². The number of ether oxygens (including phenoxy) is 1. The summed E-state index contributed by atoms with van der Waals surface area (Å²) in [7, 11) is 0. The van der Waals surface area contributed by atoms with Crippen LogP contribution in [0.5, 0.6) is 0 Å². The number of carbonyl (C=O) groups is 1. The molecule has 0 aromatic rings. The highest BCUT2D eigenvalue weighted by atomic mass is 16.5. The first kappa shape index (κ1) is 14.6. The molecule has 2 rings (SSSR count). The number of hydrogen-bond acceptors (Lipinski definition) is 2. The van der Waals surface area contributed by atoms with E-state index in [-0.39, 0.29) is 11.2 Å². The van der Waals surface area contributed by atoms with Crippen LogP contribution in [-0.2, 0) is 9.53 Å². The number of quaternary nitrogens is 1. The Morgan fingerprint density at radius 3 is 2.53 bits per heavy atom. The van der Waals surface area contributed by atoms with Crippen molar-refractivity contribution in [3.63, 3.8) is 0 Å². The minimum absolute atomic E-state index is 0.0495. The number of ketones is 1. The maximum atomic E-state index is 11.2. The first-order valence-electron chi connectivity index (χ1n) is 7.44. The topological polar surface area (TPSA) is 30.7 Å². The van der Waals surface area contributed by atoms with Crippen molar-refractivity contribution in [3.8, 4) is 11.8 Å². The van der Waals surface area contributed by atoms with Crippen molar-refractivity contribution in [3.05, 3.63) is 0 Å². The van der Waals surface area contributed by atoms with E-state index in [0.717, 1.165) is 45.3 Å². The third kappa shape index (κ3) is 4.33. The summed E-state index contributed by atoms with van der Waals surface area (Å²) in [5, 5.41) is 0. The minimum Gasteiger partial charge on any atom is -0.357 e. The second-order valence-corrected chi connectivity index (χ2v) is 6.71. The predicted molar refractivity (Wildman–Crippen MR) is 75.0 cm³/mol. The van der Waals surface area contributed by atoms with E-state index >= 15 is 0 Å². The Kier molecular flexibility index (Phi) is 4.32. The fraction of sp³-hybridized carbons (Fsp3) is 0.812. The third-order valence-corrected chi connectivity index (χ3v) is 4.14. The molecule has 19 heavy (non-hydrogen) atoms. The summed E-state index contributed by atoms with van der Waals surface area (Å²) < 4.78 is 6.13. The van der Waals surface area contributed by atoms with Crippen LogP contribution in [0.25, 0.3) is 0 Å². The molecule has 1 N–H and O–H groups in total. The summed E-state index contributed by atoms with van der Waals surface area (Å²) in [5.41, 5.74) is -0.334. The minimum atomic E-state index is -0.285. The van der Waals surface area contributed by atoms with Crippen LogP contribution < -0.4 is 4.90 Å². The molecule has 2 saturated heterocycles. The van der Waals surface area contributed by atoms with E-state index in [1.807, 2.05) is 0 Å². The van der Waals surface area contributed by atoms with Crippen molar-refractivity contribution in [1.29, 1.82) is 0 Å². The van der Waals surface area contributed by atoms with Crippen molar-refractivity contribution >= 4 is 5.78 Å². The van der Waals surface area contributed by atoms with Gasteiger partial charge in [0.05, 0.1) is 31.5 Å². The number of rotatable bonds is 1. The van der Waals surface area contributed by atoms with Gasteiger partial charge in [-0.05, 0) is 46.0 Å². The fourth-order valence-electron chi connectivity index (χ4n) is 3.07. The van der Waals surface area contributed by atoms with Gasteiger partial charge in [-0.3, -0.25) is 4.79 Å². The number of nitrogens with one attached hydrogen (secondary N) is 1. The van der Waals surface area contributed by atoms with Crippen molar-refractivity contribution in [1.82, 2.24) is 0 Å². The van der Waals surface area contributed by atoms with E-state index in [1.54, 1.807) is 0 Å². The smallest absolute Gasteiger partial charge is 0.144 e. The van der Waals surface area contributed by atoms with Gasteiger partial charge in [0.15, 0.2) is 0 Å². The van der Waals surface area contributed by atoms with Gasteiger partial charge in [0, 0.05) is 0 Å². The van der Waals surface area contributed by atoms with E-state index in [1.165, 1.54) is 11.3 Å². The molecule has 3 heteroatoms. The van der Waals surface area contributed by atoms with Crippen LogP contribution in [-0.4, -0.2) is 36.6 Å². The largest absolute Gasteiger partial charge is 0.357 e. The normalized spacial score (nSPS) is 31.6. The lowest BCUT2D eigenvalue weighted by Crippen LogP contribution is -3.13. The summed E-state index contributed by atoms with van der Waals surface area (Å²) in [6.45, 7) is 9.12. The van der Waals surface area contributed by atoms with Crippen LogP contribution in [0.3, 0.4) is 0 Å². The maximum Gasteiger partial charge on any atom is 0.144 e. The number of carbonyl (C=O) groups excluding carboxylic acids is 1. The van der Waals surface area contributed by atoms with Gasteiger partial charge >= 0.3 is 0 Å². The van der Waals surface area contributed by atoms with Crippen LogP contribution in [0.4, 0.5) is 0 Å². The lowest BCUT2D eigenvalue weighted by Gasteiger charge is -2.40. The number of Topliss-reactive ketones (excluding diaryl/α,β-unsaturated/α-hetero) is 1. The Labute approximate surface area is 116 Å². The highest BCUT2D eigenvalue weighted by Gasteiger charge is 2.35. The van der Waals surface area contributed by atoms with Gasteiger partial charge in [-0.25, -0.2) is 0 Å². The molecule has 0 unspecified atom stereocenters. The van der Waals surface area contributed by atoms with Crippen molar-refractivity contribution in [2.75, 3.05) is 19.6 Å². The van der Waals surface area contributed by atoms with Crippen LogP contribution >= 0.6 is 0 Å². The van der Waals surface area contributed by atoms with Crippen LogP contribution in [0.2, 0.25) is 0 Å². The lowest BCUT2D eigenvalue weighted by molar-refractivity contribution is -0.894. The van der Waals surface area contributed by atoms with Crippen LogP contribution in [0, 0.1) is 11.8 Å². The summed E-state index contributed by atoms with van der Waals surface area (Å²) in [4.78, 5) is 12.6. The first-order chi connectivity index (χ1) is 8.89. The maximum absolute atomic E-state index is 11.2. The highest BCUT2D eigenvalue weighted by Crippen LogP contribution is 2.34. The third-order valence-electron chi connectivity index (χ3n) is 4.14. The molecule has 0 bridgehead atoms. The number of likely N-dealkylation sites (tertiary alicyclic amines) is 1. The fourth-order valence-corrected chi connectivity index (χ4v) is 3.07. The van der Waals surface area contributed by atoms with Crippen molar-refractivity contribution in [2.45, 2.75) is 64.1 Å². The zero-order valence-corrected chi connectivity index (χ0v) is 12.5. The molecule has 2 heterocycles. The highest BCUT2D eigenvalue weighted by molar-refractivity contribution is 5.78. The van der Waals surface area contributed by atoms with E-state index < -0.39 is 0 Å². The molecule has 2 aliphatic heterocycles. The molecule has 0 aromatic carbocycles. The second kappa shape index (κ2) is 5.64. The predicted octanol–water partition coefficient (Wildman–Crippen LogP) is 0.975. The molecule has 3 nitrogen and oxygen atoms in total. The molecule has 0 aliphatic carbocycles. The van der Waals surface area contributed by atoms with Gasteiger partial charge < -0.3 is 9.64 Å². The van der Waals surface area contributed by atoms with Crippen molar-refractivity contribution < 1.29 is 14.4 Å². The van der Waals surface area contributed by atoms with E-state index in [4.69, 9.17) is 4.74 Å². The molecule has 2 fully saturated rings. The summed E-state index contributed by atoms with van der Waals surface area (Å²) in [5.74, 6) is 7.03. The van der Waals surface area contributed by atoms with Gasteiger partial charge in [0.25, 0.3) is 0 Å². The number of piperidine rings is 1. The van der Waals surface area contributed by atoms with Gasteiger partial charge in [-0.1, -0.05) is 5.92 Å². The Balaban J connectivity index is 1.87. The Morgan fingerprint density at radius 1 is 1.21 bits per heavy atom. The first-order valence-corrected chi connectivity index (χ1v) is 7.44. The van der Waals surface area contributed by atoms with E-state index in [2.05, 4.69) is 32.6 Å². The zero-order chi connectivity index (χ0) is 13.9. The Morgan fingerprint density at radius 2 is 1.89 bits per heavy atom. The van der Waals surface area contributed by atoms with E-state index in [0.29, 0.717) is 5.78 Å².